The van der Waals surface area contributed by atoms with Gasteiger partial charge in [0.2, 0.25) is 17.7 Å². The van der Waals surface area contributed by atoms with Gasteiger partial charge < -0.3 is 69.9 Å². The van der Waals surface area contributed by atoms with E-state index in [4.69, 9.17) is 29.4 Å². The third-order valence-corrected chi connectivity index (χ3v) is 18.1. The number of nitrogens with one attached hydrogen (secondary N) is 1. The van der Waals surface area contributed by atoms with Crippen LogP contribution < -0.4 is 20.9 Å². The number of aromatic nitrogens is 4. The van der Waals surface area contributed by atoms with E-state index in [1.165, 1.54) is 7.11 Å². The van der Waals surface area contributed by atoms with Crippen LogP contribution in [0.5, 0.6) is 0 Å². The third kappa shape index (κ3) is 18.3. The predicted molar refractivity (Wildman–Crippen MR) is 324 cm³/mol. The number of aliphatic hydroxyl groups excluding tert-OH is 3. The van der Waals surface area contributed by atoms with Gasteiger partial charge in [0.25, 0.3) is 11.7 Å². The molecule has 1 saturated carbocycles. The first-order valence-electron chi connectivity index (χ1n) is 31.1. The van der Waals surface area contributed by atoms with Gasteiger partial charge in [0.15, 0.2) is 5.78 Å². The fourth-order valence-corrected chi connectivity index (χ4v) is 12.5. The highest BCUT2D eigenvalue weighted by Gasteiger charge is 2.53. The molecule has 16 atom stereocenters. The zero-order valence-electron chi connectivity index (χ0n) is 52.2. The number of rotatable bonds is 10. The molecule has 6 heterocycles. The summed E-state index contributed by atoms with van der Waals surface area (Å²) in [5.74, 6) is -7.09. The highest BCUT2D eigenvalue weighted by molar-refractivity contribution is 6.39. The Hall–Kier alpha value is -6.05. The number of ether oxygens (including phenoxy) is 5. The number of cyclic esters (lactones) is 1. The van der Waals surface area contributed by atoms with Gasteiger partial charge in [-0.05, 0) is 114 Å². The van der Waals surface area contributed by atoms with E-state index < -0.39 is 114 Å². The molecule has 0 unspecified atom stereocenters. The Morgan fingerprint density at radius 2 is 1.44 bits per heavy atom. The minimum absolute atomic E-state index is 0.0276. The number of anilines is 2. The summed E-state index contributed by atoms with van der Waals surface area (Å²) >= 11 is 0. The van der Waals surface area contributed by atoms with Crippen LogP contribution in [0.3, 0.4) is 0 Å². The molecule has 0 aromatic carbocycles. The number of aryl methyl sites for hydroxylation is 1. The van der Waals surface area contributed by atoms with E-state index in [1.807, 2.05) is 51.2 Å². The molecule has 23 heteroatoms. The van der Waals surface area contributed by atoms with Crippen LogP contribution in [0.1, 0.15) is 130 Å². The van der Waals surface area contributed by atoms with E-state index in [0.717, 1.165) is 29.1 Å². The number of ketones is 2. The second-order valence-corrected chi connectivity index (χ2v) is 24.9. The first-order chi connectivity index (χ1) is 41.5. The topological polar surface area (TPSA) is 312 Å². The van der Waals surface area contributed by atoms with Gasteiger partial charge in [-0.3, -0.25) is 14.4 Å². The van der Waals surface area contributed by atoms with Crippen molar-refractivity contribution in [3.05, 3.63) is 83.5 Å². The van der Waals surface area contributed by atoms with Crippen LogP contribution in [-0.4, -0.2) is 188 Å². The van der Waals surface area contributed by atoms with Gasteiger partial charge in [-0.15, -0.1) is 0 Å². The van der Waals surface area contributed by atoms with E-state index in [0.29, 0.717) is 81.9 Å². The number of alkyl carbamates (subject to hydrolysis) is 1. The number of methoxy groups -OCH3 is 2. The molecule has 2 aromatic heterocycles. The van der Waals surface area contributed by atoms with Crippen LogP contribution in [-0.2, 0) is 49.4 Å². The van der Waals surface area contributed by atoms with Gasteiger partial charge in [-0.1, -0.05) is 64.2 Å². The number of carbonyl (C=O) groups excluding carboxylic acids is 5. The summed E-state index contributed by atoms with van der Waals surface area (Å²) in [5.41, 5.74) is 9.82. The van der Waals surface area contributed by atoms with Gasteiger partial charge in [0, 0.05) is 120 Å². The second kappa shape index (κ2) is 31.9. The minimum atomic E-state index is -2.49. The van der Waals surface area contributed by atoms with Crippen molar-refractivity contribution in [1.82, 2.24) is 30.2 Å². The number of Topliss-reactive ketones (excluding diaryl/α,β-unsaturated/α-hetero) is 2. The number of carbonyl (C=O) groups is 5. The molecule has 87 heavy (non-hydrogen) atoms. The average Bonchev–Trinajstić information content (AvgIpc) is 1.05. The van der Waals surface area contributed by atoms with Crippen molar-refractivity contribution < 1.29 is 68.1 Å². The lowest BCUT2D eigenvalue weighted by molar-refractivity contribution is -0.265. The number of nitrogens with two attached hydrogens (primary N) is 1. The number of allylic oxidation sites excluding steroid dienone is 5. The molecule has 5 aliphatic rings. The Kier molecular flexibility index (Phi) is 25.1. The summed E-state index contributed by atoms with van der Waals surface area (Å²) in [6.45, 7) is 15.4. The van der Waals surface area contributed by atoms with Crippen molar-refractivity contribution in [2.24, 2.45) is 35.3 Å². The molecule has 480 valence electrons. The fraction of sp³-hybridized carbons (Fsp3) is 0.672. The Bertz CT molecular complexity index is 2740. The second-order valence-electron chi connectivity index (χ2n) is 24.9. The molecule has 3 saturated heterocycles. The number of hydrogen-bond acceptors (Lipinski definition) is 21. The van der Waals surface area contributed by atoms with E-state index in [-0.39, 0.29) is 56.2 Å². The molecule has 2 amide bonds. The molecule has 7 rings (SSSR count). The lowest BCUT2D eigenvalue weighted by Crippen LogP contribution is -2.61. The smallest absolute Gasteiger partial charge is 0.407 e. The summed E-state index contributed by atoms with van der Waals surface area (Å²) in [6.07, 6.45) is 13.5. The molecular formula is C64H95N9O14. The standard InChI is InChI=1S/C64H95N9O14/c1-38-15-11-10-12-16-40(3)52(83-8)31-47-20-18-44(7)64(82,87-47)58(78)59(79)73-22-14-13-17-49(73)60(80)85-53(32-50(74)41(4)28-43(6)56(76)57(77)55(75)42(5)27-38)48(65)29-45-19-21-51(54(30-45)84-9)86-63(81)70-37-46-35-68-62(69-36-46)72-25-23-71(24-26-72)61-66-33-39(2)34-67-61/h10-12,15-16,28,33-36,38,41-42,44-45,47-54,56-57,74,76-77,82H,13-14,17-27,29-32,37,65H2,1-9H3,(H,70,81)/b12-10+,15-11+,40-16+,43-28+/t38-,41-,42-,44-,45+,47+,48-,49+,50-,51-,52+,53+,54-,56-,57+,64-/m1/s1. The maximum absolute atomic E-state index is 14.6. The molecule has 0 radical (unpaired) electrons. The Balaban J connectivity index is 1.03. The Morgan fingerprint density at radius 1 is 0.770 bits per heavy atom. The normalized spacial score (nSPS) is 34.9. The van der Waals surface area contributed by atoms with Crippen LogP contribution in [0.15, 0.2) is 72.4 Å². The lowest BCUT2D eigenvalue weighted by Gasteiger charge is -2.42. The van der Waals surface area contributed by atoms with Gasteiger partial charge >= 0.3 is 12.1 Å². The lowest BCUT2D eigenvalue weighted by atomic mass is 9.80. The molecule has 4 aliphatic heterocycles. The summed E-state index contributed by atoms with van der Waals surface area (Å²) in [4.78, 5) is 93.6. The number of fused-ring (bicyclic) bond motifs is 3. The van der Waals surface area contributed by atoms with Crippen molar-refractivity contribution in [3.63, 3.8) is 0 Å². The molecule has 4 fully saturated rings. The quantitative estimate of drug-likeness (QED) is 0.102. The first-order valence-corrected chi connectivity index (χ1v) is 31.1. The molecule has 0 spiro atoms. The van der Waals surface area contributed by atoms with E-state index in [1.54, 1.807) is 65.7 Å². The molecular weight excluding hydrogens is 1120 g/mol. The van der Waals surface area contributed by atoms with Crippen LogP contribution in [0.4, 0.5) is 16.7 Å². The van der Waals surface area contributed by atoms with Gasteiger partial charge in [0.05, 0.1) is 24.4 Å². The monoisotopic (exact) mass is 1210 g/mol. The number of amides is 2. The maximum atomic E-state index is 14.6. The Morgan fingerprint density at radius 3 is 2.09 bits per heavy atom. The highest BCUT2D eigenvalue weighted by Crippen LogP contribution is 2.38. The van der Waals surface area contributed by atoms with Crippen molar-refractivity contribution in [1.29, 1.82) is 0 Å². The zero-order valence-corrected chi connectivity index (χ0v) is 52.2. The van der Waals surface area contributed by atoms with Crippen molar-refractivity contribution in [3.8, 4) is 0 Å². The largest absolute Gasteiger partial charge is 0.459 e. The van der Waals surface area contributed by atoms with E-state index >= 15 is 0 Å². The van der Waals surface area contributed by atoms with Gasteiger partial charge in [-0.25, -0.2) is 29.5 Å². The van der Waals surface area contributed by atoms with Crippen LogP contribution >= 0.6 is 0 Å². The maximum Gasteiger partial charge on any atom is 0.407 e. The summed E-state index contributed by atoms with van der Waals surface area (Å²) in [6, 6.07) is -2.13. The van der Waals surface area contributed by atoms with Crippen LogP contribution in [0, 0.1) is 36.5 Å². The molecule has 23 nitrogen and oxygen atoms in total. The summed E-state index contributed by atoms with van der Waals surface area (Å²) in [5, 5.41) is 49.2. The predicted octanol–water partition coefficient (Wildman–Crippen LogP) is 5.16. The molecule has 7 N–H and O–H groups in total. The number of aliphatic hydroxyl groups is 4. The van der Waals surface area contributed by atoms with Gasteiger partial charge in [0.1, 0.15) is 30.5 Å². The van der Waals surface area contributed by atoms with Crippen molar-refractivity contribution in [2.45, 2.75) is 199 Å². The SMILES string of the molecule is CO[C@H]1C[C@@H]2CC[C@@H](C)[C@@](O)(O2)C(=O)C(=O)N2CCCC[C@H]2C(=O)O[C@H]([C@H](N)C[C@@H]2CC[C@@H](OC(=O)NCc3cnc(N4CCN(c5ncc(C)cn5)CC4)nc3)[C@H](OC)C2)C[C@@H](O)[C@H](C)/C=C(\C)[C@@H](O)[C@@H](O)C(=O)[C@H](C)C[C@H](C)/C=C/C=C/C=C/1C. The van der Waals surface area contributed by atoms with E-state index in [9.17, 15) is 44.4 Å². The van der Waals surface area contributed by atoms with Crippen LogP contribution in [0.2, 0.25) is 0 Å². The number of esters is 1. The van der Waals surface area contributed by atoms with Gasteiger partial charge in [-0.2, -0.15) is 0 Å². The first kappa shape index (κ1) is 68.4. The molecule has 2 aromatic rings. The number of hydrogen-bond donors (Lipinski definition) is 6. The van der Waals surface area contributed by atoms with Crippen molar-refractivity contribution >= 4 is 41.4 Å². The molecule has 1 aliphatic carbocycles. The molecule has 2 bridgehead atoms. The van der Waals surface area contributed by atoms with E-state index in [2.05, 4.69) is 35.1 Å². The fourth-order valence-electron chi connectivity index (χ4n) is 12.5. The number of piperazine rings is 1. The van der Waals surface area contributed by atoms with Crippen molar-refractivity contribution in [2.75, 3.05) is 56.7 Å². The zero-order chi connectivity index (χ0) is 63.1. The Labute approximate surface area is 512 Å². The third-order valence-electron chi connectivity index (χ3n) is 18.1. The summed E-state index contributed by atoms with van der Waals surface area (Å²) < 4.78 is 30.1. The average molecular weight is 1210 g/mol. The number of piperidine rings is 1. The summed E-state index contributed by atoms with van der Waals surface area (Å²) in [7, 11) is 3.09. The highest BCUT2D eigenvalue weighted by atomic mass is 16.6. The van der Waals surface area contributed by atoms with Crippen LogP contribution in [0.25, 0.3) is 0 Å². The number of nitrogens with zero attached hydrogens (tertiary/aromatic N) is 7. The minimum Gasteiger partial charge on any atom is -0.459 e.